The molecular formula is C32H30N4O6. The first kappa shape index (κ1) is 27.5. The van der Waals surface area contributed by atoms with Gasteiger partial charge in [-0.2, -0.15) is 0 Å². The molecule has 6 rings (SSSR count). The molecule has 3 aromatic carbocycles. The Balaban J connectivity index is 1.61. The molecule has 1 amide bonds. The largest absolute Gasteiger partial charge is 0.510 e. The Bertz CT molecular complexity index is 1780. The number of aromatic hydroxyl groups is 1. The second-order valence-electron chi connectivity index (χ2n) is 11.4. The molecule has 42 heavy (non-hydrogen) atoms. The summed E-state index contributed by atoms with van der Waals surface area (Å²) >= 11 is 0. The van der Waals surface area contributed by atoms with Crippen LogP contribution in [-0.4, -0.2) is 52.7 Å². The van der Waals surface area contributed by atoms with Gasteiger partial charge in [-0.3, -0.25) is 19.3 Å². The minimum absolute atomic E-state index is 0.0349. The van der Waals surface area contributed by atoms with Crippen molar-refractivity contribution >= 4 is 28.2 Å². The van der Waals surface area contributed by atoms with E-state index in [4.69, 9.17) is 11.5 Å². The number of nitrogens with zero attached hydrogens (tertiary/aromatic N) is 2. The minimum atomic E-state index is -1.25. The summed E-state index contributed by atoms with van der Waals surface area (Å²) in [5.74, 6) is -5.70. The summed E-state index contributed by atoms with van der Waals surface area (Å²) in [6.45, 7) is -0.0365. The standard InChI is InChI=1S/C32H30N4O6/c1-36(2)27-21-11-15-10-20-19(18-9-5-7-14-6-3-4-8-17(14)18)12-16(13-33)28(37)24(20)29(38)22(15)26(35-42)23(21)30(39)25(31(27)40)32(34)41/h3-9,12,15,21,23,27,37,40H,10-11,13,33H2,1-2H3,(H2,34,41)/t15?,21?,23?,27-/m0/s1. The highest BCUT2D eigenvalue weighted by Gasteiger charge is 2.55. The van der Waals surface area contributed by atoms with Crippen molar-refractivity contribution in [3.05, 3.63) is 92.7 Å². The molecule has 214 valence electrons. The zero-order valence-electron chi connectivity index (χ0n) is 23.1. The van der Waals surface area contributed by atoms with Crippen molar-refractivity contribution in [1.29, 1.82) is 0 Å². The van der Waals surface area contributed by atoms with Gasteiger partial charge < -0.3 is 21.7 Å². The van der Waals surface area contributed by atoms with Crippen LogP contribution in [0.3, 0.4) is 0 Å². The molecule has 0 spiro atoms. The molecule has 0 saturated heterocycles. The molecule has 3 unspecified atom stereocenters. The lowest BCUT2D eigenvalue weighted by Crippen LogP contribution is -2.53. The summed E-state index contributed by atoms with van der Waals surface area (Å²) in [6, 6.07) is 14.7. The summed E-state index contributed by atoms with van der Waals surface area (Å²) in [5.41, 5.74) is 13.3. The van der Waals surface area contributed by atoms with E-state index in [0.29, 0.717) is 11.1 Å². The minimum Gasteiger partial charge on any atom is -0.510 e. The molecule has 6 N–H and O–H groups in total. The number of primary amides is 1. The number of likely N-dealkylation sites (N-methyl/N-ethyl adjacent to an activating group) is 1. The van der Waals surface area contributed by atoms with Crippen LogP contribution in [0.4, 0.5) is 0 Å². The number of allylic oxidation sites excluding steroid dienone is 2. The zero-order valence-corrected chi connectivity index (χ0v) is 23.1. The van der Waals surface area contributed by atoms with Gasteiger partial charge in [-0.1, -0.05) is 42.5 Å². The van der Waals surface area contributed by atoms with Gasteiger partial charge in [0.2, 0.25) is 0 Å². The van der Waals surface area contributed by atoms with Crippen molar-refractivity contribution in [2.75, 3.05) is 14.1 Å². The van der Waals surface area contributed by atoms with Gasteiger partial charge in [-0.15, -0.1) is 4.91 Å². The lowest BCUT2D eigenvalue weighted by molar-refractivity contribution is -0.126. The van der Waals surface area contributed by atoms with Gasteiger partial charge in [0.05, 0.1) is 17.5 Å². The molecule has 0 aromatic heterocycles. The maximum absolute atomic E-state index is 14.3. The predicted molar refractivity (Wildman–Crippen MR) is 156 cm³/mol. The van der Waals surface area contributed by atoms with Crippen molar-refractivity contribution in [2.24, 2.45) is 34.4 Å². The molecular weight excluding hydrogens is 536 g/mol. The molecule has 0 aliphatic heterocycles. The normalized spacial score (nSPS) is 23.6. The highest BCUT2D eigenvalue weighted by Crippen LogP contribution is 2.53. The topological polar surface area (TPSA) is 176 Å². The number of amides is 1. The van der Waals surface area contributed by atoms with E-state index in [2.05, 4.69) is 5.18 Å². The van der Waals surface area contributed by atoms with E-state index in [1.807, 2.05) is 48.5 Å². The number of carbonyl (C=O) groups excluding carboxylic acids is 3. The summed E-state index contributed by atoms with van der Waals surface area (Å²) in [4.78, 5) is 54.2. The number of rotatable bonds is 5. The van der Waals surface area contributed by atoms with Crippen LogP contribution >= 0.6 is 0 Å². The number of nitroso groups, excluding NO2 is 1. The number of nitrogens with two attached hydrogens (primary N) is 2. The van der Waals surface area contributed by atoms with Crippen LogP contribution in [0.5, 0.6) is 5.75 Å². The maximum Gasteiger partial charge on any atom is 0.255 e. The number of aliphatic hydroxyl groups excluding tert-OH is 1. The monoisotopic (exact) mass is 566 g/mol. The van der Waals surface area contributed by atoms with Crippen molar-refractivity contribution in [3.8, 4) is 16.9 Å². The number of hydrogen-bond donors (Lipinski definition) is 4. The molecule has 10 nitrogen and oxygen atoms in total. The molecule has 0 heterocycles. The third kappa shape index (κ3) is 3.83. The third-order valence-corrected chi connectivity index (χ3v) is 9.04. The quantitative estimate of drug-likeness (QED) is 0.268. The molecule has 4 atom stereocenters. The van der Waals surface area contributed by atoms with Crippen molar-refractivity contribution < 1.29 is 24.6 Å². The van der Waals surface area contributed by atoms with E-state index in [0.717, 1.165) is 21.9 Å². The number of fused-ring (bicyclic) bond motifs is 4. The number of benzene rings is 3. The summed E-state index contributed by atoms with van der Waals surface area (Å²) < 4.78 is 0. The number of phenols is 1. The van der Waals surface area contributed by atoms with Crippen LogP contribution in [0, 0.1) is 22.7 Å². The van der Waals surface area contributed by atoms with Gasteiger partial charge in [0.25, 0.3) is 5.91 Å². The van der Waals surface area contributed by atoms with E-state index < -0.39 is 52.6 Å². The van der Waals surface area contributed by atoms with Gasteiger partial charge in [-0.05, 0) is 77.5 Å². The fraction of sp³-hybridized carbons (Fsp3) is 0.281. The Kier molecular flexibility index (Phi) is 6.55. The Morgan fingerprint density at radius 2 is 1.79 bits per heavy atom. The average molecular weight is 567 g/mol. The number of phenolic OH excluding ortho intramolecular Hbond substituents is 1. The lowest BCUT2D eigenvalue weighted by Gasteiger charge is -2.46. The summed E-state index contributed by atoms with van der Waals surface area (Å²) in [7, 11) is 3.37. The number of aliphatic hydroxyl groups is 1. The van der Waals surface area contributed by atoms with Crippen LogP contribution in [0.15, 0.2) is 76.3 Å². The first-order valence-corrected chi connectivity index (χ1v) is 13.7. The fourth-order valence-electron chi connectivity index (χ4n) is 7.35. The van der Waals surface area contributed by atoms with Crippen LogP contribution in [0.25, 0.3) is 21.9 Å². The summed E-state index contributed by atoms with van der Waals surface area (Å²) in [5, 5.41) is 27.5. The van der Waals surface area contributed by atoms with Gasteiger partial charge in [0.1, 0.15) is 22.8 Å². The van der Waals surface area contributed by atoms with Gasteiger partial charge in [0.15, 0.2) is 11.6 Å². The maximum atomic E-state index is 14.3. The van der Waals surface area contributed by atoms with E-state index in [1.54, 1.807) is 19.0 Å². The molecule has 3 aromatic rings. The van der Waals surface area contributed by atoms with Crippen molar-refractivity contribution in [1.82, 2.24) is 4.90 Å². The highest BCUT2D eigenvalue weighted by molar-refractivity contribution is 6.22. The highest BCUT2D eigenvalue weighted by atomic mass is 16.3. The Morgan fingerprint density at radius 1 is 1.07 bits per heavy atom. The van der Waals surface area contributed by atoms with Crippen molar-refractivity contribution in [2.45, 2.75) is 25.4 Å². The SMILES string of the molecule is CN(C)[C@@H]1C(O)=C(C(N)=O)C(=O)C2C(N=O)=C3C(=O)c4c(O)c(CN)cc(-c5cccc6ccccc56)c4CC3CC21. The molecule has 0 saturated carbocycles. The number of ketones is 2. The Hall–Kier alpha value is -4.67. The number of carbonyl (C=O) groups is 3. The molecule has 3 aliphatic carbocycles. The van der Waals surface area contributed by atoms with Crippen molar-refractivity contribution in [3.63, 3.8) is 0 Å². The molecule has 0 bridgehead atoms. The first-order valence-electron chi connectivity index (χ1n) is 13.7. The molecule has 0 radical (unpaired) electrons. The second kappa shape index (κ2) is 10.0. The average Bonchev–Trinajstić information content (AvgIpc) is 2.95. The third-order valence-electron chi connectivity index (χ3n) is 9.04. The number of hydrogen-bond acceptors (Lipinski definition) is 9. The van der Waals surface area contributed by atoms with Gasteiger partial charge >= 0.3 is 0 Å². The fourth-order valence-corrected chi connectivity index (χ4v) is 7.35. The van der Waals surface area contributed by atoms with Crippen LogP contribution in [0.1, 0.15) is 27.9 Å². The molecule has 3 aliphatic rings. The second-order valence-corrected chi connectivity index (χ2v) is 11.4. The molecule has 0 fully saturated rings. The predicted octanol–water partition coefficient (Wildman–Crippen LogP) is 3.49. The summed E-state index contributed by atoms with van der Waals surface area (Å²) in [6.07, 6.45) is 0.528. The van der Waals surface area contributed by atoms with E-state index in [-0.39, 0.29) is 42.0 Å². The van der Waals surface area contributed by atoms with E-state index in [9.17, 15) is 29.5 Å². The first-order chi connectivity index (χ1) is 20.1. The Labute approximate surface area is 241 Å². The molecule has 10 heteroatoms. The van der Waals surface area contributed by atoms with Gasteiger partial charge in [0, 0.05) is 17.7 Å². The number of Topliss-reactive ketones (excluding diaryl/α,β-unsaturated/α-hetero) is 2. The van der Waals surface area contributed by atoms with Crippen LogP contribution < -0.4 is 11.5 Å². The van der Waals surface area contributed by atoms with Gasteiger partial charge in [-0.25, -0.2) is 0 Å². The van der Waals surface area contributed by atoms with E-state index >= 15 is 0 Å². The Morgan fingerprint density at radius 3 is 2.45 bits per heavy atom. The lowest BCUT2D eigenvalue weighted by atomic mass is 9.60. The van der Waals surface area contributed by atoms with Crippen LogP contribution in [0.2, 0.25) is 0 Å². The zero-order chi connectivity index (χ0) is 30.0. The smallest absolute Gasteiger partial charge is 0.255 e. The van der Waals surface area contributed by atoms with Crippen LogP contribution in [-0.2, 0) is 22.6 Å². The van der Waals surface area contributed by atoms with E-state index in [1.165, 1.54) is 0 Å².